The van der Waals surface area contributed by atoms with Gasteiger partial charge in [0.05, 0.1) is 5.41 Å². The van der Waals surface area contributed by atoms with Gasteiger partial charge in [0.15, 0.2) is 0 Å². The lowest BCUT2D eigenvalue weighted by Gasteiger charge is -2.33. The van der Waals surface area contributed by atoms with Gasteiger partial charge in [0.25, 0.3) is 0 Å². The summed E-state index contributed by atoms with van der Waals surface area (Å²) in [7, 11) is 0. The smallest absolute Gasteiger partial charge is 0.309 e. The van der Waals surface area contributed by atoms with E-state index in [2.05, 4.69) is 6.92 Å². The summed E-state index contributed by atoms with van der Waals surface area (Å²) in [6.07, 6.45) is 15.1. The molecule has 0 spiro atoms. The molecule has 0 aromatic rings. The first kappa shape index (κ1) is 15.5. The third-order valence-electron chi connectivity index (χ3n) is 4.52. The van der Waals surface area contributed by atoms with Crippen LogP contribution in [-0.2, 0) is 4.79 Å². The minimum atomic E-state index is -0.534. The van der Waals surface area contributed by atoms with Gasteiger partial charge in [-0.15, -0.1) is 0 Å². The molecule has 0 radical (unpaired) electrons. The fourth-order valence-electron chi connectivity index (χ4n) is 3.22. The third kappa shape index (κ3) is 4.99. The van der Waals surface area contributed by atoms with Gasteiger partial charge in [-0.05, 0) is 19.3 Å². The number of carbonyl (C=O) groups is 1. The Hall–Kier alpha value is -0.530. The van der Waals surface area contributed by atoms with E-state index in [9.17, 15) is 9.90 Å². The molecule has 2 nitrogen and oxygen atoms in total. The Bertz CT molecular complexity index is 229. The topological polar surface area (TPSA) is 37.3 Å². The zero-order valence-corrected chi connectivity index (χ0v) is 12.0. The lowest BCUT2D eigenvalue weighted by Crippen LogP contribution is -2.33. The van der Waals surface area contributed by atoms with E-state index < -0.39 is 5.97 Å². The van der Waals surface area contributed by atoms with Crippen LogP contribution < -0.4 is 0 Å². The number of hydrogen-bond donors (Lipinski definition) is 1. The predicted molar refractivity (Wildman–Crippen MR) is 75.8 cm³/mol. The molecule has 106 valence electrons. The van der Waals surface area contributed by atoms with Crippen molar-refractivity contribution in [3.8, 4) is 0 Å². The van der Waals surface area contributed by atoms with E-state index in [1.165, 1.54) is 44.9 Å². The van der Waals surface area contributed by atoms with Crippen LogP contribution >= 0.6 is 0 Å². The number of hydrogen-bond acceptors (Lipinski definition) is 1. The van der Waals surface area contributed by atoms with Crippen molar-refractivity contribution in [1.29, 1.82) is 0 Å². The van der Waals surface area contributed by atoms with Crippen molar-refractivity contribution in [2.75, 3.05) is 0 Å². The van der Waals surface area contributed by atoms with Crippen molar-refractivity contribution in [1.82, 2.24) is 0 Å². The van der Waals surface area contributed by atoms with E-state index in [0.717, 1.165) is 38.5 Å². The first-order chi connectivity index (χ1) is 8.71. The molecule has 0 unspecified atom stereocenters. The number of carboxylic acids is 1. The van der Waals surface area contributed by atoms with Crippen LogP contribution in [0.25, 0.3) is 0 Å². The van der Waals surface area contributed by atoms with E-state index in [4.69, 9.17) is 0 Å². The summed E-state index contributed by atoms with van der Waals surface area (Å²) in [5.74, 6) is -0.534. The molecular formula is C16H30O2. The summed E-state index contributed by atoms with van der Waals surface area (Å²) in [6, 6.07) is 0. The second-order valence-corrected chi connectivity index (χ2v) is 6.02. The van der Waals surface area contributed by atoms with E-state index in [-0.39, 0.29) is 5.41 Å². The highest BCUT2D eigenvalue weighted by atomic mass is 16.4. The van der Waals surface area contributed by atoms with Crippen molar-refractivity contribution < 1.29 is 9.90 Å². The van der Waals surface area contributed by atoms with Gasteiger partial charge in [-0.1, -0.05) is 71.1 Å². The molecule has 0 heterocycles. The average Bonchev–Trinajstić information content (AvgIpc) is 2.38. The first-order valence-corrected chi connectivity index (χ1v) is 7.95. The molecule has 1 aliphatic rings. The molecule has 0 aromatic carbocycles. The number of unbranched alkanes of at least 4 members (excludes halogenated alkanes) is 6. The summed E-state index contributed by atoms with van der Waals surface area (Å²) in [5.41, 5.74) is -0.359. The van der Waals surface area contributed by atoms with E-state index >= 15 is 0 Å². The molecule has 1 fully saturated rings. The standard InChI is InChI=1S/C16H30O2/c1-2-3-4-5-6-7-9-12-16(15(17)18)13-10-8-11-14-16/h2-14H2,1H3,(H,17,18). The fourth-order valence-corrected chi connectivity index (χ4v) is 3.22. The van der Waals surface area contributed by atoms with E-state index in [1.807, 2.05) is 0 Å². The maximum absolute atomic E-state index is 11.5. The average molecular weight is 254 g/mol. The minimum Gasteiger partial charge on any atom is -0.481 e. The lowest BCUT2D eigenvalue weighted by molar-refractivity contribution is -0.151. The predicted octanol–water partition coefficient (Wildman–Crippen LogP) is 5.16. The number of aliphatic carboxylic acids is 1. The number of carboxylic acid groups (broad SMARTS) is 1. The Morgan fingerprint density at radius 3 is 2.06 bits per heavy atom. The molecule has 0 atom stereocenters. The Labute approximate surface area is 112 Å². The highest BCUT2D eigenvalue weighted by Crippen LogP contribution is 2.40. The van der Waals surface area contributed by atoms with Crippen LogP contribution in [-0.4, -0.2) is 11.1 Å². The van der Waals surface area contributed by atoms with Crippen molar-refractivity contribution in [2.45, 2.75) is 90.4 Å². The fraction of sp³-hybridized carbons (Fsp3) is 0.938. The Morgan fingerprint density at radius 1 is 0.944 bits per heavy atom. The largest absolute Gasteiger partial charge is 0.481 e. The van der Waals surface area contributed by atoms with Crippen LogP contribution in [0.3, 0.4) is 0 Å². The van der Waals surface area contributed by atoms with Crippen molar-refractivity contribution in [3.63, 3.8) is 0 Å². The highest BCUT2D eigenvalue weighted by Gasteiger charge is 2.38. The van der Waals surface area contributed by atoms with Gasteiger partial charge in [0.2, 0.25) is 0 Å². The molecule has 0 aromatic heterocycles. The van der Waals surface area contributed by atoms with Gasteiger partial charge in [-0.3, -0.25) is 4.79 Å². The number of rotatable bonds is 9. The van der Waals surface area contributed by atoms with Crippen LogP contribution in [0, 0.1) is 5.41 Å². The maximum Gasteiger partial charge on any atom is 0.309 e. The van der Waals surface area contributed by atoms with Crippen LogP contribution in [0.1, 0.15) is 90.4 Å². The van der Waals surface area contributed by atoms with Gasteiger partial charge < -0.3 is 5.11 Å². The molecule has 0 aliphatic heterocycles. The molecule has 1 saturated carbocycles. The minimum absolute atomic E-state index is 0.359. The van der Waals surface area contributed by atoms with Crippen LogP contribution in [0.5, 0.6) is 0 Å². The quantitative estimate of drug-likeness (QED) is 0.577. The van der Waals surface area contributed by atoms with Crippen molar-refractivity contribution in [3.05, 3.63) is 0 Å². The van der Waals surface area contributed by atoms with Crippen LogP contribution in [0.15, 0.2) is 0 Å². The Morgan fingerprint density at radius 2 is 1.50 bits per heavy atom. The van der Waals surface area contributed by atoms with E-state index in [1.54, 1.807) is 0 Å². The van der Waals surface area contributed by atoms with Gasteiger partial charge >= 0.3 is 5.97 Å². The van der Waals surface area contributed by atoms with Crippen molar-refractivity contribution >= 4 is 5.97 Å². The SMILES string of the molecule is CCCCCCCCCC1(C(=O)O)CCCCC1. The Balaban J connectivity index is 2.16. The monoisotopic (exact) mass is 254 g/mol. The summed E-state index contributed by atoms with van der Waals surface area (Å²) in [4.78, 5) is 11.5. The molecule has 18 heavy (non-hydrogen) atoms. The molecule has 1 N–H and O–H groups in total. The van der Waals surface area contributed by atoms with Gasteiger partial charge in [-0.25, -0.2) is 0 Å². The molecule has 0 saturated heterocycles. The molecule has 2 heteroatoms. The van der Waals surface area contributed by atoms with Crippen LogP contribution in [0.2, 0.25) is 0 Å². The maximum atomic E-state index is 11.5. The zero-order chi connectivity index (χ0) is 13.3. The molecule has 0 bridgehead atoms. The second kappa shape index (κ2) is 8.55. The zero-order valence-electron chi connectivity index (χ0n) is 12.0. The first-order valence-electron chi connectivity index (χ1n) is 7.95. The Kier molecular flexibility index (Phi) is 7.38. The normalized spacial score (nSPS) is 18.7. The molecule has 0 amide bonds. The van der Waals surface area contributed by atoms with Gasteiger partial charge in [-0.2, -0.15) is 0 Å². The van der Waals surface area contributed by atoms with E-state index in [0.29, 0.717) is 0 Å². The third-order valence-corrected chi connectivity index (χ3v) is 4.52. The summed E-state index contributed by atoms with van der Waals surface area (Å²) in [5, 5.41) is 9.46. The van der Waals surface area contributed by atoms with Crippen molar-refractivity contribution in [2.24, 2.45) is 5.41 Å². The van der Waals surface area contributed by atoms with Crippen LogP contribution in [0.4, 0.5) is 0 Å². The molecule has 1 aliphatic carbocycles. The molecular weight excluding hydrogens is 224 g/mol. The lowest BCUT2D eigenvalue weighted by atomic mass is 9.71. The summed E-state index contributed by atoms with van der Waals surface area (Å²) in [6.45, 7) is 2.24. The van der Waals surface area contributed by atoms with Gasteiger partial charge in [0, 0.05) is 0 Å². The van der Waals surface area contributed by atoms with Gasteiger partial charge in [0.1, 0.15) is 0 Å². The summed E-state index contributed by atoms with van der Waals surface area (Å²) < 4.78 is 0. The second-order valence-electron chi connectivity index (χ2n) is 6.02. The highest BCUT2D eigenvalue weighted by molar-refractivity contribution is 5.74. The molecule has 1 rings (SSSR count). The summed E-state index contributed by atoms with van der Waals surface area (Å²) >= 11 is 0.